The quantitative estimate of drug-likeness (QED) is 0.471. The summed E-state index contributed by atoms with van der Waals surface area (Å²) in [6.45, 7) is 0. The van der Waals surface area contributed by atoms with E-state index in [9.17, 15) is 0 Å². The second-order valence-corrected chi connectivity index (χ2v) is 1.48. The summed E-state index contributed by atoms with van der Waals surface area (Å²) in [7, 11) is -4.42. The fourth-order valence-electron chi connectivity index (χ4n) is 0. The molecule has 0 unspecified atom stereocenters. The van der Waals surface area contributed by atoms with Crippen LogP contribution in [0.4, 0.5) is 0 Å². The van der Waals surface area contributed by atoms with E-state index in [0.717, 1.165) is 0 Å². The summed E-state index contributed by atoms with van der Waals surface area (Å²) in [6, 6.07) is 0. The number of nitrogens with two attached hydrogens (primary N) is 1. The molecule has 0 saturated heterocycles. The predicted octanol–water partition coefficient (Wildman–Crippen LogP) is -1.98. The maximum atomic E-state index is 8.85. The Balaban J connectivity index is 0. The minimum absolute atomic E-state index is 0. The normalized spacial score (nSPS) is 9.67. The minimum Gasteiger partial charge on any atom is -0.736 e. The van der Waals surface area contributed by atoms with Gasteiger partial charge in [0.05, 0.1) is 0 Å². The van der Waals surface area contributed by atoms with Crippen LogP contribution in [0.1, 0.15) is 0 Å². The second-order valence-electron chi connectivity index (χ2n) is 0.493. The Morgan fingerprint density at radius 1 is 1.50 bits per heavy atom. The molecule has 6 heteroatoms. The summed E-state index contributed by atoms with van der Waals surface area (Å²) in [4.78, 5) is 0. The summed E-state index contributed by atoms with van der Waals surface area (Å²) < 4.78 is 26.6. The van der Waals surface area contributed by atoms with Gasteiger partial charge in [-0.25, -0.2) is 13.6 Å². The molecule has 0 heterocycles. The Kier molecular flexibility index (Phi) is 4.68. The van der Waals surface area contributed by atoms with Crippen molar-refractivity contribution in [2.45, 2.75) is 0 Å². The van der Waals surface area contributed by atoms with Crippen molar-refractivity contribution in [2.24, 2.45) is 5.14 Å². The number of rotatable bonds is 0. The molecule has 4 nitrogen and oxygen atoms in total. The molecule has 6 heavy (non-hydrogen) atoms. The van der Waals surface area contributed by atoms with Gasteiger partial charge in [0.2, 0.25) is 0 Å². The van der Waals surface area contributed by atoms with Gasteiger partial charge in [0, 0.05) is 0 Å². The SMILES string of the molecule is NS(=O)(=O)[O-].[In+3]. The van der Waals surface area contributed by atoms with E-state index < -0.39 is 10.3 Å². The molecule has 32 valence electrons. The van der Waals surface area contributed by atoms with Gasteiger partial charge in [0.1, 0.15) is 0 Å². The van der Waals surface area contributed by atoms with Crippen LogP contribution in [-0.2, 0) is 10.3 Å². The molecule has 0 aromatic carbocycles. The van der Waals surface area contributed by atoms with Gasteiger partial charge in [-0.2, -0.15) is 0 Å². The van der Waals surface area contributed by atoms with Crippen LogP contribution in [0.25, 0.3) is 0 Å². The molecule has 0 aromatic rings. The minimum atomic E-state index is -4.42. The summed E-state index contributed by atoms with van der Waals surface area (Å²) in [5.41, 5.74) is 0. The van der Waals surface area contributed by atoms with Crippen LogP contribution in [0, 0.1) is 0 Å². The van der Waals surface area contributed by atoms with E-state index in [1.165, 1.54) is 0 Å². The van der Waals surface area contributed by atoms with Crippen molar-refractivity contribution >= 4 is 36.1 Å². The van der Waals surface area contributed by atoms with Crippen LogP contribution in [0.15, 0.2) is 0 Å². The van der Waals surface area contributed by atoms with Crippen LogP contribution in [0.5, 0.6) is 0 Å². The van der Waals surface area contributed by atoms with E-state index in [0.29, 0.717) is 0 Å². The number of hydrogen-bond acceptors (Lipinski definition) is 3. The third-order valence-corrected chi connectivity index (χ3v) is 0. The van der Waals surface area contributed by atoms with Crippen LogP contribution in [-0.4, -0.2) is 38.8 Å². The molecule has 0 amide bonds. The monoisotopic (exact) mass is 211 g/mol. The Bertz CT molecular complexity index is 94.0. The van der Waals surface area contributed by atoms with E-state index >= 15 is 0 Å². The first-order valence-electron chi connectivity index (χ1n) is 0.736. The Morgan fingerprint density at radius 3 is 1.50 bits per heavy atom. The third-order valence-electron chi connectivity index (χ3n) is 0. The van der Waals surface area contributed by atoms with Crippen molar-refractivity contribution in [1.29, 1.82) is 0 Å². The fraction of sp³-hybridized carbons (Fsp3) is 0. The summed E-state index contributed by atoms with van der Waals surface area (Å²) >= 11 is 0. The molecule has 0 rings (SSSR count). The zero-order valence-corrected chi connectivity index (χ0v) is 6.90. The van der Waals surface area contributed by atoms with E-state index in [1.54, 1.807) is 0 Å². The van der Waals surface area contributed by atoms with Crippen LogP contribution in [0.2, 0.25) is 0 Å². The standard InChI is InChI=1S/In.H3NO3S/c;1-5(2,3)4/h;(H3,1,2,3,4)/q+3;/p-1. The Labute approximate surface area is 54.4 Å². The molecule has 0 spiro atoms. The van der Waals surface area contributed by atoms with Crippen molar-refractivity contribution in [1.82, 2.24) is 0 Å². The molecule has 0 atom stereocenters. The fourth-order valence-corrected chi connectivity index (χ4v) is 0. The molecule has 0 fully saturated rings. The first kappa shape index (κ1) is 9.88. The van der Waals surface area contributed by atoms with Crippen molar-refractivity contribution in [3.8, 4) is 0 Å². The van der Waals surface area contributed by atoms with Gasteiger partial charge in [0.25, 0.3) is 0 Å². The maximum absolute atomic E-state index is 8.85. The molecule has 0 aromatic heterocycles. The first-order chi connectivity index (χ1) is 2.00. The number of hydrogen-bond donors (Lipinski definition) is 1. The van der Waals surface area contributed by atoms with Gasteiger partial charge in [-0.3, -0.25) is 0 Å². The summed E-state index contributed by atoms with van der Waals surface area (Å²) in [5, 5.41) is 3.77. The largest absolute Gasteiger partial charge is 3.00 e. The molecule has 0 saturated carbocycles. The van der Waals surface area contributed by atoms with Crippen molar-refractivity contribution in [3.05, 3.63) is 0 Å². The molecular weight excluding hydrogens is 209 g/mol. The van der Waals surface area contributed by atoms with Crippen molar-refractivity contribution in [2.75, 3.05) is 0 Å². The van der Waals surface area contributed by atoms with E-state index in [2.05, 4.69) is 5.14 Å². The Hall–Kier alpha value is 0.740. The Morgan fingerprint density at radius 2 is 1.50 bits per heavy atom. The first-order valence-corrected chi connectivity index (χ1v) is 2.21. The molecular formula is H2InNO3S+2. The van der Waals surface area contributed by atoms with Crippen LogP contribution in [0.3, 0.4) is 0 Å². The van der Waals surface area contributed by atoms with Gasteiger partial charge in [0.15, 0.2) is 10.3 Å². The topological polar surface area (TPSA) is 83.2 Å². The van der Waals surface area contributed by atoms with E-state index in [1.807, 2.05) is 0 Å². The predicted molar refractivity (Wildman–Crippen MR) is 19.6 cm³/mol. The molecule has 0 aliphatic carbocycles. The van der Waals surface area contributed by atoms with Crippen LogP contribution >= 0.6 is 0 Å². The molecule has 0 bridgehead atoms. The third kappa shape index (κ3) is 121. The van der Waals surface area contributed by atoms with Crippen molar-refractivity contribution < 1.29 is 13.0 Å². The van der Waals surface area contributed by atoms with E-state index in [-0.39, 0.29) is 25.8 Å². The molecule has 0 aliphatic rings. The molecule has 2 N–H and O–H groups in total. The van der Waals surface area contributed by atoms with Crippen molar-refractivity contribution in [3.63, 3.8) is 0 Å². The average molecular weight is 211 g/mol. The molecule has 0 aliphatic heterocycles. The second kappa shape index (κ2) is 2.84. The van der Waals surface area contributed by atoms with Gasteiger partial charge >= 0.3 is 25.8 Å². The van der Waals surface area contributed by atoms with Gasteiger partial charge < -0.3 is 4.55 Å². The summed E-state index contributed by atoms with van der Waals surface area (Å²) in [5.74, 6) is 0. The molecule has 0 radical (unpaired) electrons. The zero-order valence-electron chi connectivity index (χ0n) is 2.79. The van der Waals surface area contributed by atoms with Gasteiger partial charge in [-0.05, 0) is 0 Å². The summed E-state index contributed by atoms with van der Waals surface area (Å²) in [6.07, 6.45) is 0. The van der Waals surface area contributed by atoms with Gasteiger partial charge in [-0.15, -0.1) is 0 Å². The smallest absolute Gasteiger partial charge is 0.736 e. The van der Waals surface area contributed by atoms with Gasteiger partial charge in [-0.1, -0.05) is 0 Å². The van der Waals surface area contributed by atoms with E-state index in [4.69, 9.17) is 13.0 Å². The average Bonchev–Trinajstić information content (AvgIpc) is 0.722. The maximum Gasteiger partial charge on any atom is 3.00 e. The zero-order chi connectivity index (χ0) is 4.50. The van der Waals surface area contributed by atoms with Crippen LogP contribution < -0.4 is 5.14 Å².